The van der Waals surface area contributed by atoms with Crippen LogP contribution < -0.4 is 0 Å². The molecule has 0 radical (unpaired) electrons. The normalized spacial score (nSPS) is 12.0. The molecule has 0 bridgehead atoms. The highest BCUT2D eigenvalue weighted by atomic mass is 16.4. The van der Waals surface area contributed by atoms with E-state index in [0.717, 1.165) is 65.4 Å². The smallest absolute Gasteiger partial charge is 0.303 e. The van der Waals surface area contributed by atoms with Crippen molar-refractivity contribution in [3.63, 3.8) is 0 Å². The number of aliphatic carboxylic acids is 3. The number of aromatic nitrogens is 3. The quantitative estimate of drug-likeness (QED) is 0.132. The van der Waals surface area contributed by atoms with Gasteiger partial charge in [0.05, 0.1) is 16.6 Å². The van der Waals surface area contributed by atoms with Crippen LogP contribution in [0.4, 0.5) is 0 Å². The molecule has 3 N–H and O–H groups in total. The van der Waals surface area contributed by atoms with Gasteiger partial charge in [-0.25, -0.2) is 0 Å². The predicted octanol–water partition coefficient (Wildman–Crippen LogP) is 7.60. The van der Waals surface area contributed by atoms with E-state index < -0.39 is 17.9 Å². The van der Waals surface area contributed by atoms with E-state index in [1.54, 1.807) is 0 Å². The fraction of sp³-hybridized carbons (Fsp3) is 0.250. The summed E-state index contributed by atoms with van der Waals surface area (Å²) in [4.78, 5) is 34.7. The molecule has 0 atom stereocenters. The van der Waals surface area contributed by atoms with E-state index >= 15 is 0 Å². The number of carboxylic acid groups (broad SMARTS) is 3. The van der Waals surface area contributed by atoms with E-state index in [2.05, 4.69) is 50.1 Å². The van der Waals surface area contributed by atoms with Gasteiger partial charge < -0.3 is 29.0 Å². The second kappa shape index (κ2) is 11.3. The van der Waals surface area contributed by atoms with Crippen LogP contribution in [0.5, 0.6) is 0 Å². The minimum Gasteiger partial charge on any atom is -0.481 e. The van der Waals surface area contributed by atoms with Crippen molar-refractivity contribution < 1.29 is 29.7 Å². The highest BCUT2D eigenvalue weighted by Gasteiger charge is 2.27. The van der Waals surface area contributed by atoms with Crippen LogP contribution in [0.15, 0.2) is 72.8 Å². The first-order valence-corrected chi connectivity index (χ1v) is 15.4. The zero-order valence-electron chi connectivity index (χ0n) is 24.7. The van der Waals surface area contributed by atoms with Crippen LogP contribution in [0.3, 0.4) is 0 Å². The Hall–Kier alpha value is -5.31. The third-order valence-electron chi connectivity index (χ3n) is 8.94. The zero-order valence-corrected chi connectivity index (χ0v) is 24.7. The van der Waals surface area contributed by atoms with Crippen molar-refractivity contribution in [3.05, 3.63) is 72.8 Å². The highest BCUT2D eigenvalue weighted by Crippen LogP contribution is 2.48. The van der Waals surface area contributed by atoms with Crippen LogP contribution in [-0.2, 0) is 34.0 Å². The molecule has 0 aliphatic rings. The van der Waals surface area contributed by atoms with Crippen molar-refractivity contribution in [3.8, 4) is 0 Å². The summed E-state index contributed by atoms with van der Waals surface area (Å²) in [7, 11) is 0. The summed E-state index contributed by atoms with van der Waals surface area (Å²) in [5, 5.41) is 34.8. The SMILES string of the molecule is O=C(O)CCCn1c2ccccc2c2c1c1c3ccccc3n(CCCC(=O)O)c1c1c3ccccc3n(CCCC(=O)O)c21. The van der Waals surface area contributed by atoms with Crippen LogP contribution in [0, 0.1) is 0 Å². The van der Waals surface area contributed by atoms with Gasteiger partial charge >= 0.3 is 17.9 Å². The Morgan fingerprint density at radius 2 is 0.711 bits per heavy atom. The molecule has 45 heavy (non-hydrogen) atoms. The lowest BCUT2D eigenvalue weighted by Gasteiger charge is -2.13. The van der Waals surface area contributed by atoms with Crippen molar-refractivity contribution in [2.45, 2.75) is 58.2 Å². The Labute approximate surface area is 257 Å². The number of nitrogens with zero attached hydrogens (tertiary/aromatic N) is 3. The first-order valence-electron chi connectivity index (χ1n) is 15.4. The Morgan fingerprint density at radius 1 is 0.444 bits per heavy atom. The average Bonchev–Trinajstić information content (AvgIpc) is 3.63. The van der Waals surface area contributed by atoms with Crippen molar-refractivity contribution in [2.75, 3.05) is 0 Å². The van der Waals surface area contributed by atoms with E-state index in [-0.39, 0.29) is 19.3 Å². The van der Waals surface area contributed by atoms with Crippen LogP contribution in [-0.4, -0.2) is 46.9 Å². The summed E-state index contributed by atoms with van der Waals surface area (Å²) in [6, 6.07) is 24.6. The van der Waals surface area contributed by atoms with Gasteiger partial charge in [0, 0.05) is 87.8 Å². The van der Waals surface area contributed by atoms with E-state index in [4.69, 9.17) is 0 Å². The summed E-state index contributed by atoms with van der Waals surface area (Å²) >= 11 is 0. The topological polar surface area (TPSA) is 127 Å². The molecule has 0 saturated heterocycles. The van der Waals surface area contributed by atoms with Gasteiger partial charge in [0.15, 0.2) is 0 Å². The Kier molecular flexibility index (Phi) is 7.16. The number of fused-ring (bicyclic) bond motifs is 12. The summed E-state index contributed by atoms with van der Waals surface area (Å²) in [6.07, 6.45) is 1.52. The third kappa shape index (κ3) is 4.66. The molecule has 7 aromatic rings. The fourth-order valence-corrected chi connectivity index (χ4v) is 7.27. The molecule has 228 valence electrons. The van der Waals surface area contributed by atoms with Crippen molar-refractivity contribution >= 4 is 83.3 Å². The summed E-state index contributed by atoms with van der Waals surface area (Å²) in [5.74, 6) is -2.51. The first kappa shape index (κ1) is 28.5. The molecule has 9 nitrogen and oxygen atoms in total. The van der Waals surface area contributed by atoms with Crippen LogP contribution >= 0.6 is 0 Å². The van der Waals surface area contributed by atoms with Crippen LogP contribution in [0.1, 0.15) is 38.5 Å². The maximum atomic E-state index is 11.6. The number of aryl methyl sites for hydroxylation is 3. The number of rotatable bonds is 12. The van der Waals surface area contributed by atoms with Gasteiger partial charge in [0.2, 0.25) is 0 Å². The molecule has 0 aliphatic heterocycles. The Morgan fingerprint density at radius 3 is 0.978 bits per heavy atom. The molecule has 0 amide bonds. The number of hydrogen-bond acceptors (Lipinski definition) is 3. The molecule has 0 spiro atoms. The number of carboxylic acids is 3. The predicted molar refractivity (Wildman–Crippen MR) is 176 cm³/mol. The molecule has 3 heterocycles. The third-order valence-corrected chi connectivity index (χ3v) is 8.94. The largest absolute Gasteiger partial charge is 0.481 e. The van der Waals surface area contributed by atoms with Crippen molar-refractivity contribution in [1.82, 2.24) is 13.7 Å². The van der Waals surface area contributed by atoms with Gasteiger partial charge in [0.25, 0.3) is 0 Å². The van der Waals surface area contributed by atoms with Gasteiger partial charge in [-0.3, -0.25) is 14.4 Å². The number of benzene rings is 4. The van der Waals surface area contributed by atoms with Gasteiger partial charge in [-0.2, -0.15) is 0 Å². The minimum atomic E-state index is -0.836. The maximum absolute atomic E-state index is 11.6. The Balaban J connectivity index is 1.71. The number of carbonyl (C=O) groups is 3. The van der Waals surface area contributed by atoms with Gasteiger partial charge in [0.1, 0.15) is 0 Å². The maximum Gasteiger partial charge on any atom is 0.303 e. The molecule has 4 aromatic carbocycles. The number of hydrogen-bond donors (Lipinski definition) is 3. The zero-order chi connectivity index (χ0) is 31.2. The summed E-state index contributed by atoms with van der Waals surface area (Å²) in [6.45, 7) is 1.53. The Bertz CT molecular complexity index is 2020. The molecule has 0 aliphatic carbocycles. The molecule has 9 heteroatoms. The van der Waals surface area contributed by atoms with Gasteiger partial charge in [-0.05, 0) is 37.5 Å². The van der Waals surface area contributed by atoms with Gasteiger partial charge in [-0.1, -0.05) is 54.6 Å². The lowest BCUT2D eigenvalue weighted by Crippen LogP contribution is -2.04. The van der Waals surface area contributed by atoms with Crippen LogP contribution in [0.2, 0.25) is 0 Å². The standard InChI is InChI=1S/C36H33N3O6/c40-28(41)16-7-19-37-25-13-4-1-10-22(25)31-34(37)32-24-12-3-6-15-27(24)39(21-9-18-30(44)45)36(32)33-23-11-2-5-14-26(23)38(35(31)33)20-8-17-29(42)43/h1-6,10-15H,7-9,16-21H2,(H,40,41)(H,42,43)(H,44,45). The van der Waals surface area contributed by atoms with E-state index in [1.165, 1.54) is 0 Å². The van der Waals surface area contributed by atoms with Gasteiger partial charge in [-0.15, -0.1) is 0 Å². The van der Waals surface area contributed by atoms with Crippen LogP contribution in [0.25, 0.3) is 65.4 Å². The fourth-order valence-electron chi connectivity index (χ4n) is 7.27. The monoisotopic (exact) mass is 603 g/mol. The summed E-state index contributed by atoms with van der Waals surface area (Å²) < 4.78 is 6.76. The molecule has 7 rings (SSSR count). The van der Waals surface area contributed by atoms with E-state index in [1.807, 2.05) is 36.4 Å². The minimum absolute atomic E-state index is 0.0474. The average molecular weight is 604 g/mol. The summed E-state index contributed by atoms with van der Waals surface area (Å²) in [5.41, 5.74) is 6.07. The lowest BCUT2D eigenvalue weighted by molar-refractivity contribution is -0.138. The second-order valence-electron chi connectivity index (χ2n) is 11.7. The number of para-hydroxylation sites is 3. The molecule has 0 saturated carbocycles. The van der Waals surface area contributed by atoms with Crippen molar-refractivity contribution in [1.29, 1.82) is 0 Å². The molecule has 3 aromatic heterocycles. The highest BCUT2D eigenvalue weighted by molar-refractivity contribution is 6.39. The first-order chi connectivity index (χ1) is 21.9. The van der Waals surface area contributed by atoms with Crippen molar-refractivity contribution in [2.24, 2.45) is 0 Å². The lowest BCUT2D eigenvalue weighted by atomic mass is 10.0. The second-order valence-corrected chi connectivity index (χ2v) is 11.7. The molecular weight excluding hydrogens is 570 g/mol. The van der Waals surface area contributed by atoms with E-state index in [9.17, 15) is 29.7 Å². The van der Waals surface area contributed by atoms with E-state index in [0.29, 0.717) is 38.9 Å². The molecule has 0 fully saturated rings. The molecule has 0 unspecified atom stereocenters. The molecular formula is C36H33N3O6.